The molecule has 3 nitrogen and oxygen atoms in total. The van der Waals surface area contributed by atoms with E-state index in [9.17, 15) is 0 Å². The van der Waals surface area contributed by atoms with Gasteiger partial charge in [0, 0.05) is 27.8 Å². The Morgan fingerprint density at radius 3 is 1.49 bits per heavy atom. The molecule has 0 unspecified atom stereocenters. The predicted octanol–water partition coefficient (Wildman–Crippen LogP) is 11.5. The van der Waals surface area contributed by atoms with Gasteiger partial charge in [-0.15, -0.1) is 0 Å². The van der Waals surface area contributed by atoms with Crippen molar-refractivity contribution in [1.29, 1.82) is 0 Å². The summed E-state index contributed by atoms with van der Waals surface area (Å²) in [6, 6.07) is 52.7. The van der Waals surface area contributed by atoms with E-state index in [1.54, 1.807) is 24.3 Å². The molecule has 1 heterocycles. The van der Waals surface area contributed by atoms with Crippen LogP contribution >= 0.6 is 0 Å². The summed E-state index contributed by atoms with van der Waals surface area (Å²) in [7, 11) is 0. The molecule has 0 aliphatic heterocycles. The van der Waals surface area contributed by atoms with Gasteiger partial charge in [-0.2, -0.15) is 8.78 Å². The van der Waals surface area contributed by atoms with Gasteiger partial charge in [0.2, 0.25) is 0 Å². The van der Waals surface area contributed by atoms with Crippen LogP contribution in [0.25, 0.3) is 78.3 Å². The predicted molar refractivity (Wildman–Crippen MR) is 193 cm³/mol. The molecule has 0 radical (unpaired) electrons. The summed E-state index contributed by atoms with van der Waals surface area (Å²) < 4.78 is 31.0. The standard InChI is InChI=1S/C44H27F2N3/c45-44(46)39-14-8-7-13-37(39)38-24-23-34(27-40(38)44)33-21-17-30-18-22-35(26-36(30)25-33)43-48-41(31-11-5-2-6-12-31)47-42(49-43)32-19-15-29(16-20-32)28-9-3-1-4-10-28/h1-27H. The number of benzene rings is 7. The maximum absolute atomic E-state index is 15.5. The molecule has 0 spiro atoms. The highest BCUT2D eigenvalue weighted by Crippen LogP contribution is 2.51. The van der Waals surface area contributed by atoms with Crippen molar-refractivity contribution in [3.8, 4) is 67.5 Å². The van der Waals surface area contributed by atoms with Crippen molar-refractivity contribution in [3.05, 3.63) is 175 Å². The Morgan fingerprint density at radius 1 is 0.327 bits per heavy atom. The van der Waals surface area contributed by atoms with Crippen molar-refractivity contribution in [2.24, 2.45) is 0 Å². The first kappa shape index (κ1) is 28.9. The van der Waals surface area contributed by atoms with Gasteiger partial charge in [0.15, 0.2) is 17.5 Å². The molecule has 1 aliphatic rings. The van der Waals surface area contributed by atoms with E-state index in [2.05, 4.69) is 30.3 Å². The van der Waals surface area contributed by atoms with Crippen LogP contribution in [0.3, 0.4) is 0 Å². The van der Waals surface area contributed by atoms with Crippen LogP contribution in [0.2, 0.25) is 0 Å². The molecular formula is C44H27F2N3. The van der Waals surface area contributed by atoms with Crippen LogP contribution in [0.1, 0.15) is 11.1 Å². The van der Waals surface area contributed by atoms with Crippen molar-refractivity contribution in [2.75, 3.05) is 0 Å². The smallest absolute Gasteiger partial charge is 0.208 e. The summed E-state index contributed by atoms with van der Waals surface area (Å²) in [5, 5.41) is 1.99. The molecule has 0 atom stereocenters. The molecule has 9 rings (SSSR count). The van der Waals surface area contributed by atoms with Crippen molar-refractivity contribution in [3.63, 3.8) is 0 Å². The second-order valence-corrected chi connectivity index (χ2v) is 12.3. The fraction of sp³-hybridized carbons (Fsp3) is 0.0227. The number of hydrogen-bond donors (Lipinski definition) is 0. The van der Waals surface area contributed by atoms with Crippen LogP contribution in [-0.4, -0.2) is 15.0 Å². The maximum atomic E-state index is 15.5. The average molecular weight is 636 g/mol. The second-order valence-electron chi connectivity index (χ2n) is 12.3. The van der Waals surface area contributed by atoms with Gasteiger partial charge in [0.1, 0.15) is 0 Å². The summed E-state index contributed by atoms with van der Waals surface area (Å²) >= 11 is 0. The monoisotopic (exact) mass is 635 g/mol. The van der Waals surface area contributed by atoms with Crippen molar-refractivity contribution in [1.82, 2.24) is 15.0 Å². The van der Waals surface area contributed by atoms with Crippen LogP contribution < -0.4 is 0 Å². The highest BCUT2D eigenvalue weighted by atomic mass is 19.3. The first-order valence-corrected chi connectivity index (χ1v) is 16.2. The van der Waals surface area contributed by atoms with Gasteiger partial charge in [-0.1, -0.05) is 146 Å². The van der Waals surface area contributed by atoms with Crippen molar-refractivity contribution in [2.45, 2.75) is 5.92 Å². The SMILES string of the molecule is FC1(F)c2ccccc2-c2ccc(-c3ccc4ccc(-c5nc(-c6ccccc6)nc(-c6ccc(-c7ccccc7)cc6)n5)cc4c3)cc21. The molecule has 0 amide bonds. The number of rotatable bonds is 5. The number of aromatic nitrogens is 3. The molecule has 5 heteroatoms. The number of fused-ring (bicyclic) bond motifs is 4. The zero-order valence-electron chi connectivity index (χ0n) is 26.2. The second kappa shape index (κ2) is 11.4. The Hall–Kier alpha value is -6.33. The molecular weight excluding hydrogens is 609 g/mol. The largest absolute Gasteiger partial charge is 0.299 e. The van der Waals surface area contributed by atoms with E-state index in [1.165, 1.54) is 6.07 Å². The lowest BCUT2D eigenvalue weighted by molar-refractivity contribution is 0.0480. The molecule has 49 heavy (non-hydrogen) atoms. The summed E-state index contributed by atoms with van der Waals surface area (Å²) in [6.07, 6.45) is 0. The summed E-state index contributed by atoms with van der Waals surface area (Å²) in [6.45, 7) is 0. The van der Waals surface area contributed by atoms with Crippen LogP contribution in [0.15, 0.2) is 164 Å². The Morgan fingerprint density at radius 2 is 0.776 bits per heavy atom. The lowest BCUT2D eigenvalue weighted by atomic mass is 9.96. The van der Waals surface area contributed by atoms with Crippen LogP contribution in [0.5, 0.6) is 0 Å². The normalized spacial score (nSPS) is 12.9. The Labute approximate surface area is 282 Å². The molecule has 7 aromatic carbocycles. The molecule has 0 N–H and O–H groups in total. The Bertz CT molecular complexity index is 2510. The topological polar surface area (TPSA) is 38.7 Å². The van der Waals surface area contributed by atoms with Crippen molar-refractivity contribution >= 4 is 10.8 Å². The molecule has 1 aromatic heterocycles. The van der Waals surface area contributed by atoms with E-state index in [0.29, 0.717) is 28.6 Å². The summed E-state index contributed by atoms with van der Waals surface area (Å²) in [5.41, 5.74) is 7.76. The first-order chi connectivity index (χ1) is 24.0. The fourth-order valence-corrected chi connectivity index (χ4v) is 6.71. The lowest BCUT2D eigenvalue weighted by Gasteiger charge is -2.13. The van der Waals surface area contributed by atoms with Gasteiger partial charge in [-0.05, 0) is 62.4 Å². The third-order valence-corrected chi connectivity index (χ3v) is 9.26. The minimum atomic E-state index is -3.04. The van der Waals surface area contributed by atoms with Crippen LogP contribution in [0, 0.1) is 0 Å². The number of alkyl halides is 2. The van der Waals surface area contributed by atoms with Gasteiger partial charge in [-0.25, -0.2) is 15.0 Å². The van der Waals surface area contributed by atoms with E-state index >= 15 is 8.78 Å². The third-order valence-electron chi connectivity index (χ3n) is 9.26. The van der Waals surface area contributed by atoms with E-state index in [-0.39, 0.29) is 11.1 Å². The van der Waals surface area contributed by atoms with E-state index < -0.39 is 5.92 Å². The number of halogens is 2. The highest BCUT2D eigenvalue weighted by molar-refractivity contribution is 5.91. The van der Waals surface area contributed by atoms with E-state index in [4.69, 9.17) is 15.0 Å². The Kier molecular flexibility index (Phi) is 6.73. The molecule has 0 saturated carbocycles. The van der Waals surface area contributed by atoms with Gasteiger partial charge in [0.25, 0.3) is 5.92 Å². The quantitative estimate of drug-likeness (QED) is 0.189. The lowest BCUT2D eigenvalue weighted by Crippen LogP contribution is -2.10. The summed E-state index contributed by atoms with van der Waals surface area (Å²) in [5.74, 6) is -1.32. The zero-order chi connectivity index (χ0) is 33.0. The molecule has 1 aliphatic carbocycles. The first-order valence-electron chi connectivity index (χ1n) is 16.2. The van der Waals surface area contributed by atoms with E-state index in [1.807, 2.05) is 103 Å². The molecule has 0 bridgehead atoms. The van der Waals surface area contributed by atoms with Crippen LogP contribution in [0.4, 0.5) is 8.78 Å². The average Bonchev–Trinajstić information content (AvgIpc) is 3.40. The third kappa shape index (κ3) is 5.08. The van der Waals surface area contributed by atoms with E-state index in [0.717, 1.165) is 49.7 Å². The van der Waals surface area contributed by atoms with Crippen molar-refractivity contribution < 1.29 is 8.78 Å². The minimum absolute atomic E-state index is 0.0444. The zero-order valence-corrected chi connectivity index (χ0v) is 26.2. The summed E-state index contributed by atoms with van der Waals surface area (Å²) in [4.78, 5) is 14.8. The maximum Gasteiger partial charge on any atom is 0.299 e. The van der Waals surface area contributed by atoms with Gasteiger partial charge >= 0.3 is 0 Å². The molecule has 0 fully saturated rings. The minimum Gasteiger partial charge on any atom is -0.208 e. The molecule has 8 aromatic rings. The van der Waals surface area contributed by atoms with Gasteiger partial charge < -0.3 is 0 Å². The molecule has 0 saturated heterocycles. The van der Waals surface area contributed by atoms with Crippen LogP contribution in [-0.2, 0) is 5.92 Å². The Balaban J connectivity index is 1.12. The highest BCUT2D eigenvalue weighted by Gasteiger charge is 2.44. The number of hydrogen-bond acceptors (Lipinski definition) is 3. The fourth-order valence-electron chi connectivity index (χ4n) is 6.71. The van der Waals surface area contributed by atoms with Gasteiger partial charge in [0.05, 0.1) is 0 Å². The molecule has 232 valence electrons. The van der Waals surface area contributed by atoms with Gasteiger partial charge in [-0.3, -0.25) is 0 Å². The number of nitrogens with zero attached hydrogens (tertiary/aromatic N) is 3.